The number of rotatable bonds is 6. The Labute approximate surface area is 132 Å². The third-order valence-corrected chi connectivity index (χ3v) is 5.44. The molecule has 118 valence electrons. The van der Waals surface area contributed by atoms with Crippen LogP contribution in [0.15, 0.2) is 6.07 Å². The molecule has 1 heterocycles. The van der Waals surface area contributed by atoms with Crippen molar-refractivity contribution >= 4 is 17.2 Å². The predicted octanol–water partition coefficient (Wildman–Crippen LogP) is 3.44. The SMILES string of the molecule is CC(C)CNC(=O)C(C)NC(C)c1cc2c(s1)CCCC2. The molecule has 21 heavy (non-hydrogen) atoms. The number of nitrogens with one attached hydrogen (secondary N) is 2. The molecule has 0 fully saturated rings. The molecule has 0 radical (unpaired) electrons. The first-order valence-electron chi connectivity index (χ1n) is 8.12. The summed E-state index contributed by atoms with van der Waals surface area (Å²) in [6, 6.07) is 2.42. The highest BCUT2D eigenvalue weighted by Gasteiger charge is 2.20. The van der Waals surface area contributed by atoms with E-state index in [1.807, 2.05) is 18.3 Å². The molecule has 4 heteroatoms. The van der Waals surface area contributed by atoms with Crippen LogP contribution in [0.3, 0.4) is 0 Å². The van der Waals surface area contributed by atoms with Crippen LogP contribution in [0.4, 0.5) is 0 Å². The van der Waals surface area contributed by atoms with Gasteiger partial charge in [0, 0.05) is 22.3 Å². The molecule has 1 aromatic rings. The van der Waals surface area contributed by atoms with Crippen molar-refractivity contribution in [3.63, 3.8) is 0 Å². The van der Waals surface area contributed by atoms with E-state index in [-0.39, 0.29) is 18.0 Å². The number of thiophene rings is 1. The molecular weight excluding hydrogens is 280 g/mol. The number of carbonyl (C=O) groups is 1. The molecule has 2 N–H and O–H groups in total. The van der Waals surface area contributed by atoms with Crippen LogP contribution in [-0.2, 0) is 17.6 Å². The highest BCUT2D eigenvalue weighted by molar-refractivity contribution is 7.12. The first-order chi connectivity index (χ1) is 9.97. The van der Waals surface area contributed by atoms with Crippen LogP contribution >= 0.6 is 11.3 Å². The molecule has 1 aliphatic rings. The molecule has 2 atom stereocenters. The fraction of sp³-hybridized carbons (Fsp3) is 0.706. The standard InChI is InChI=1S/C17H28N2OS/c1-11(2)10-18-17(20)13(4)19-12(3)16-9-14-7-5-6-8-15(14)21-16/h9,11-13,19H,5-8,10H2,1-4H3,(H,18,20). The van der Waals surface area contributed by atoms with Crippen molar-refractivity contribution in [3.8, 4) is 0 Å². The largest absolute Gasteiger partial charge is 0.354 e. The van der Waals surface area contributed by atoms with Gasteiger partial charge in [-0.1, -0.05) is 13.8 Å². The molecule has 0 spiro atoms. The van der Waals surface area contributed by atoms with E-state index in [1.54, 1.807) is 4.88 Å². The first-order valence-corrected chi connectivity index (χ1v) is 8.94. The Morgan fingerprint density at radius 3 is 2.62 bits per heavy atom. The van der Waals surface area contributed by atoms with Gasteiger partial charge in [-0.05, 0) is 57.1 Å². The summed E-state index contributed by atoms with van der Waals surface area (Å²) in [6.45, 7) is 9.06. The van der Waals surface area contributed by atoms with Gasteiger partial charge in [0.15, 0.2) is 0 Å². The van der Waals surface area contributed by atoms with Gasteiger partial charge in [0.1, 0.15) is 0 Å². The normalized spacial score (nSPS) is 17.4. The van der Waals surface area contributed by atoms with Crippen LogP contribution < -0.4 is 10.6 Å². The average molecular weight is 308 g/mol. The monoisotopic (exact) mass is 308 g/mol. The van der Waals surface area contributed by atoms with Crippen molar-refractivity contribution in [1.29, 1.82) is 0 Å². The fourth-order valence-electron chi connectivity index (χ4n) is 2.72. The molecule has 0 bridgehead atoms. The average Bonchev–Trinajstić information content (AvgIpc) is 2.88. The summed E-state index contributed by atoms with van der Waals surface area (Å²) in [7, 11) is 0. The molecular formula is C17H28N2OS. The lowest BCUT2D eigenvalue weighted by atomic mass is 9.99. The molecule has 0 saturated heterocycles. The number of hydrogen-bond donors (Lipinski definition) is 2. The van der Waals surface area contributed by atoms with Crippen LogP contribution in [0, 0.1) is 5.92 Å². The lowest BCUT2D eigenvalue weighted by Gasteiger charge is -2.19. The zero-order valence-electron chi connectivity index (χ0n) is 13.7. The summed E-state index contributed by atoms with van der Waals surface area (Å²) in [5.41, 5.74) is 1.53. The van der Waals surface area contributed by atoms with E-state index in [9.17, 15) is 4.79 Å². The molecule has 0 aromatic carbocycles. The van der Waals surface area contributed by atoms with E-state index in [0.717, 1.165) is 6.54 Å². The lowest BCUT2D eigenvalue weighted by molar-refractivity contribution is -0.123. The van der Waals surface area contributed by atoms with Crippen LogP contribution in [-0.4, -0.2) is 18.5 Å². The summed E-state index contributed by atoms with van der Waals surface area (Å²) >= 11 is 1.92. The summed E-state index contributed by atoms with van der Waals surface area (Å²) in [5.74, 6) is 0.583. The molecule has 2 unspecified atom stereocenters. The van der Waals surface area contributed by atoms with E-state index in [0.29, 0.717) is 5.92 Å². The van der Waals surface area contributed by atoms with Gasteiger partial charge in [0.2, 0.25) is 5.91 Å². The van der Waals surface area contributed by atoms with Gasteiger partial charge < -0.3 is 5.32 Å². The van der Waals surface area contributed by atoms with Crippen molar-refractivity contribution in [2.75, 3.05) is 6.54 Å². The van der Waals surface area contributed by atoms with Gasteiger partial charge in [-0.15, -0.1) is 11.3 Å². The maximum Gasteiger partial charge on any atom is 0.236 e. The Balaban J connectivity index is 1.89. The van der Waals surface area contributed by atoms with Crippen LogP contribution in [0.1, 0.15) is 61.9 Å². The van der Waals surface area contributed by atoms with Crippen molar-refractivity contribution in [2.45, 2.75) is 65.5 Å². The smallest absolute Gasteiger partial charge is 0.236 e. The molecule has 2 rings (SSSR count). The van der Waals surface area contributed by atoms with E-state index in [2.05, 4.69) is 37.5 Å². The number of fused-ring (bicyclic) bond motifs is 1. The zero-order chi connectivity index (χ0) is 15.4. The fourth-order valence-corrected chi connectivity index (χ4v) is 3.99. The van der Waals surface area contributed by atoms with E-state index in [1.165, 1.54) is 36.1 Å². The predicted molar refractivity (Wildman–Crippen MR) is 89.8 cm³/mol. The maximum absolute atomic E-state index is 12.0. The third-order valence-electron chi connectivity index (χ3n) is 4.02. The molecule has 1 aliphatic carbocycles. The van der Waals surface area contributed by atoms with Crippen molar-refractivity contribution in [1.82, 2.24) is 10.6 Å². The molecule has 0 aliphatic heterocycles. The second kappa shape index (κ2) is 7.41. The Morgan fingerprint density at radius 1 is 1.24 bits per heavy atom. The van der Waals surface area contributed by atoms with Crippen molar-refractivity contribution < 1.29 is 4.79 Å². The third kappa shape index (κ3) is 4.55. The minimum atomic E-state index is -0.155. The first kappa shape index (κ1) is 16.5. The Hall–Kier alpha value is -0.870. The summed E-state index contributed by atoms with van der Waals surface area (Å²) in [6.07, 6.45) is 5.10. The van der Waals surface area contributed by atoms with Crippen molar-refractivity contribution in [2.24, 2.45) is 5.92 Å². The number of amides is 1. The second-order valence-corrected chi connectivity index (χ2v) is 7.72. The van der Waals surface area contributed by atoms with Gasteiger partial charge in [-0.3, -0.25) is 10.1 Å². The van der Waals surface area contributed by atoms with Crippen LogP contribution in [0.2, 0.25) is 0 Å². The Morgan fingerprint density at radius 2 is 1.95 bits per heavy atom. The summed E-state index contributed by atoms with van der Waals surface area (Å²) in [5, 5.41) is 6.42. The van der Waals surface area contributed by atoms with Gasteiger partial charge in [-0.25, -0.2) is 0 Å². The van der Waals surface area contributed by atoms with E-state index in [4.69, 9.17) is 0 Å². The Kier molecular flexibility index (Phi) is 5.82. The minimum absolute atomic E-state index is 0.0943. The van der Waals surface area contributed by atoms with Gasteiger partial charge in [-0.2, -0.15) is 0 Å². The van der Waals surface area contributed by atoms with Crippen LogP contribution in [0.25, 0.3) is 0 Å². The quantitative estimate of drug-likeness (QED) is 0.845. The lowest BCUT2D eigenvalue weighted by Crippen LogP contribution is -2.44. The molecule has 1 aromatic heterocycles. The van der Waals surface area contributed by atoms with Crippen LogP contribution in [0.5, 0.6) is 0 Å². The minimum Gasteiger partial charge on any atom is -0.354 e. The van der Waals surface area contributed by atoms with E-state index < -0.39 is 0 Å². The molecule has 1 amide bonds. The summed E-state index contributed by atoms with van der Waals surface area (Å²) < 4.78 is 0. The Bertz CT molecular complexity index is 458. The number of carbonyl (C=O) groups excluding carboxylic acids is 1. The second-order valence-electron chi connectivity index (χ2n) is 6.55. The summed E-state index contributed by atoms with van der Waals surface area (Å²) in [4.78, 5) is 15.0. The van der Waals surface area contributed by atoms with Gasteiger partial charge in [0.25, 0.3) is 0 Å². The number of aryl methyl sites for hydroxylation is 2. The van der Waals surface area contributed by atoms with E-state index >= 15 is 0 Å². The number of hydrogen-bond acceptors (Lipinski definition) is 3. The van der Waals surface area contributed by atoms with Gasteiger partial charge in [0.05, 0.1) is 6.04 Å². The van der Waals surface area contributed by atoms with Gasteiger partial charge >= 0.3 is 0 Å². The molecule has 0 saturated carbocycles. The highest BCUT2D eigenvalue weighted by Crippen LogP contribution is 2.32. The zero-order valence-corrected chi connectivity index (χ0v) is 14.5. The van der Waals surface area contributed by atoms with Crippen molar-refractivity contribution in [3.05, 3.63) is 21.4 Å². The highest BCUT2D eigenvalue weighted by atomic mass is 32.1. The molecule has 3 nitrogen and oxygen atoms in total. The maximum atomic E-state index is 12.0. The topological polar surface area (TPSA) is 41.1 Å².